The van der Waals surface area contributed by atoms with E-state index in [1.807, 2.05) is 46.4 Å². The number of benzene rings is 2. The van der Waals surface area contributed by atoms with Gasteiger partial charge in [0.15, 0.2) is 11.6 Å². The molecule has 8 nitrogen and oxygen atoms in total. The average Bonchev–Trinajstić information content (AvgIpc) is 3.49. The first kappa shape index (κ1) is 19.0. The van der Waals surface area contributed by atoms with E-state index in [1.165, 1.54) is 0 Å². The standard InChI is InChI=1S/C22H17N5O3S/c1-14-23-20(26-30-14)13-29-19-5-3-2-4-17(19)21(28)24-16-8-6-15(7-9-16)18-12-27-10-11-31-22(27)25-18/h2-12H,13H2,1H3,(H,24,28). The van der Waals surface area contributed by atoms with E-state index in [0.29, 0.717) is 28.7 Å². The molecular formula is C22H17N5O3S. The molecule has 3 heterocycles. The van der Waals surface area contributed by atoms with E-state index in [2.05, 4.69) is 20.4 Å². The number of rotatable bonds is 6. The third-order valence-corrected chi connectivity index (χ3v) is 5.36. The molecule has 0 radical (unpaired) electrons. The summed E-state index contributed by atoms with van der Waals surface area (Å²) in [6.45, 7) is 1.82. The molecular weight excluding hydrogens is 414 g/mol. The fourth-order valence-electron chi connectivity index (χ4n) is 3.11. The van der Waals surface area contributed by atoms with Crippen LogP contribution >= 0.6 is 11.3 Å². The minimum absolute atomic E-state index is 0.110. The summed E-state index contributed by atoms with van der Waals surface area (Å²) in [5.41, 5.74) is 2.97. The van der Waals surface area contributed by atoms with Gasteiger partial charge in [0.1, 0.15) is 5.75 Å². The Morgan fingerprint density at radius 2 is 2.00 bits per heavy atom. The number of ether oxygens (including phenoxy) is 1. The Kier molecular flexibility index (Phi) is 4.93. The zero-order valence-corrected chi connectivity index (χ0v) is 17.3. The number of imidazole rings is 1. The van der Waals surface area contributed by atoms with Crippen molar-refractivity contribution in [3.8, 4) is 17.0 Å². The summed E-state index contributed by atoms with van der Waals surface area (Å²) in [4.78, 5) is 22.5. The number of hydrogen-bond donors (Lipinski definition) is 1. The number of aromatic nitrogens is 4. The third kappa shape index (κ3) is 4.03. The van der Waals surface area contributed by atoms with Crippen LogP contribution in [-0.4, -0.2) is 25.4 Å². The van der Waals surface area contributed by atoms with Crippen molar-refractivity contribution in [1.82, 2.24) is 19.5 Å². The van der Waals surface area contributed by atoms with Crippen LogP contribution < -0.4 is 10.1 Å². The summed E-state index contributed by atoms with van der Waals surface area (Å²) in [7, 11) is 0. The molecule has 0 saturated heterocycles. The van der Waals surface area contributed by atoms with Gasteiger partial charge in [-0.1, -0.05) is 29.4 Å². The highest BCUT2D eigenvalue weighted by atomic mass is 32.1. The molecule has 0 aliphatic carbocycles. The van der Waals surface area contributed by atoms with Crippen LogP contribution in [0.15, 0.2) is 70.8 Å². The lowest BCUT2D eigenvalue weighted by atomic mass is 10.1. The number of amides is 1. The van der Waals surface area contributed by atoms with Crippen LogP contribution in [0.2, 0.25) is 0 Å². The molecule has 0 aliphatic rings. The average molecular weight is 431 g/mol. The van der Waals surface area contributed by atoms with Gasteiger partial charge in [-0.3, -0.25) is 9.20 Å². The Balaban J connectivity index is 1.29. The van der Waals surface area contributed by atoms with Crippen molar-refractivity contribution in [1.29, 1.82) is 0 Å². The fourth-order valence-corrected chi connectivity index (χ4v) is 3.81. The Morgan fingerprint density at radius 3 is 2.77 bits per heavy atom. The molecule has 31 heavy (non-hydrogen) atoms. The summed E-state index contributed by atoms with van der Waals surface area (Å²) in [5.74, 6) is 1.05. The number of hydrogen-bond acceptors (Lipinski definition) is 7. The van der Waals surface area contributed by atoms with E-state index in [1.54, 1.807) is 42.5 Å². The summed E-state index contributed by atoms with van der Waals surface area (Å²) < 4.78 is 12.7. The molecule has 3 aromatic heterocycles. The lowest BCUT2D eigenvalue weighted by Crippen LogP contribution is -2.13. The zero-order valence-electron chi connectivity index (χ0n) is 16.5. The molecule has 0 unspecified atom stereocenters. The summed E-state index contributed by atoms with van der Waals surface area (Å²) in [6, 6.07) is 14.6. The third-order valence-electron chi connectivity index (χ3n) is 4.59. The van der Waals surface area contributed by atoms with Gasteiger partial charge in [-0.2, -0.15) is 4.98 Å². The predicted molar refractivity (Wildman–Crippen MR) is 116 cm³/mol. The van der Waals surface area contributed by atoms with Crippen molar-refractivity contribution in [2.75, 3.05) is 5.32 Å². The van der Waals surface area contributed by atoms with Crippen molar-refractivity contribution >= 4 is 27.9 Å². The molecule has 154 valence electrons. The Morgan fingerprint density at radius 1 is 1.16 bits per heavy atom. The van der Waals surface area contributed by atoms with Gasteiger partial charge in [0.2, 0.25) is 11.7 Å². The maximum absolute atomic E-state index is 12.8. The normalized spacial score (nSPS) is 11.0. The number of thiazole rings is 1. The molecule has 9 heteroatoms. The Bertz CT molecular complexity index is 1320. The van der Waals surface area contributed by atoms with Gasteiger partial charge in [0.05, 0.1) is 11.3 Å². The van der Waals surface area contributed by atoms with Gasteiger partial charge in [0, 0.05) is 35.9 Å². The van der Waals surface area contributed by atoms with E-state index >= 15 is 0 Å². The molecule has 1 N–H and O–H groups in total. The highest BCUT2D eigenvalue weighted by molar-refractivity contribution is 7.15. The zero-order chi connectivity index (χ0) is 21.2. The molecule has 0 atom stereocenters. The number of nitrogens with one attached hydrogen (secondary N) is 1. The highest BCUT2D eigenvalue weighted by Gasteiger charge is 2.14. The quantitative estimate of drug-likeness (QED) is 0.423. The number of carbonyl (C=O) groups is 1. The summed E-state index contributed by atoms with van der Waals surface area (Å²) in [5, 5.41) is 8.70. The molecule has 2 aromatic carbocycles. The van der Waals surface area contributed by atoms with Crippen LogP contribution in [-0.2, 0) is 6.61 Å². The van der Waals surface area contributed by atoms with Gasteiger partial charge >= 0.3 is 0 Å². The molecule has 1 amide bonds. The molecule has 0 bridgehead atoms. The lowest BCUT2D eigenvalue weighted by Gasteiger charge is -2.11. The van der Waals surface area contributed by atoms with Crippen LogP contribution in [0, 0.1) is 6.92 Å². The van der Waals surface area contributed by atoms with E-state index in [9.17, 15) is 4.79 Å². The second-order valence-electron chi connectivity index (χ2n) is 6.76. The molecule has 0 saturated carbocycles. The molecule has 5 rings (SSSR count). The molecule has 5 aromatic rings. The van der Waals surface area contributed by atoms with Gasteiger partial charge in [-0.15, -0.1) is 11.3 Å². The molecule has 0 fully saturated rings. The van der Waals surface area contributed by atoms with Crippen LogP contribution in [0.25, 0.3) is 16.2 Å². The fraction of sp³-hybridized carbons (Fsp3) is 0.0909. The smallest absolute Gasteiger partial charge is 0.259 e. The maximum atomic E-state index is 12.8. The Labute approximate surface area is 181 Å². The summed E-state index contributed by atoms with van der Waals surface area (Å²) in [6.07, 6.45) is 3.96. The first-order chi connectivity index (χ1) is 15.2. The van der Waals surface area contributed by atoms with Crippen LogP contribution in [0.5, 0.6) is 5.75 Å². The monoisotopic (exact) mass is 431 g/mol. The Hall–Kier alpha value is -3.98. The largest absolute Gasteiger partial charge is 0.485 e. The van der Waals surface area contributed by atoms with E-state index in [0.717, 1.165) is 16.2 Å². The van der Waals surface area contributed by atoms with Crippen LogP contribution in [0.1, 0.15) is 22.1 Å². The predicted octanol–water partition coefficient (Wildman–Crippen LogP) is 4.59. The second-order valence-corrected chi connectivity index (χ2v) is 7.64. The maximum Gasteiger partial charge on any atom is 0.259 e. The lowest BCUT2D eigenvalue weighted by molar-refractivity contribution is 0.102. The number of nitrogens with zero attached hydrogens (tertiary/aromatic N) is 4. The number of anilines is 1. The van der Waals surface area contributed by atoms with Gasteiger partial charge < -0.3 is 14.6 Å². The van der Waals surface area contributed by atoms with Crippen molar-refractivity contribution in [3.63, 3.8) is 0 Å². The van der Waals surface area contributed by atoms with E-state index in [-0.39, 0.29) is 12.5 Å². The van der Waals surface area contributed by atoms with Crippen molar-refractivity contribution in [2.24, 2.45) is 0 Å². The van der Waals surface area contributed by atoms with Gasteiger partial charge in [-0.05, 0) is 24.3 Å². The van der Waals surface area contributed by atoms with Gasteiger partial charge in [-0.25, -0.2) is 4.98 Å². The highest BCUT2D eigenvalue weighted by Crippen LogP contribution is 2.24. The van der Waals surface area contributed by atoms with Crippen LogP contribution in [0.4, 0.5) is 5.69 Å². The summed E-state index contributed by atoms with van der Waals surface area (Å²) >= 11 is 1.59. The van der Waals surface area contributed by atoms with E-state index in [4.69, 9.17) is 9.26 Å². The van der Waals surface area contributed by atoms with Crippen LogP contribution in [0.3, 0.4) is 0 Å². The van der Waals surface area contributed by atoms with Crippen molar-refractivity contribution < 1.29 is 14.1 Å². The van der Waals surface area contributed by atoms with E-state index < -0.39 is 0 Å². The number of fused-ring (bicyclic) bond motifs is 1. The van der Waals surface area contributed by atoms with Crippen molar-refractivity contribution in [2.45, 2.75) is 13.5 Å². The topological polar surface area (TPSA) is 94.5 Å². The molecule has 0 spiro atoms. The SMILES string of the molecule is Cc1nc(COc2ccccc2C(=O)Nc2ccc(-c3cn4ccsc4n3)cc2)no1. The second kappa shape index (κ2) is 8.04. The number of carbonyl (C=O) groups excluding carboxylic acids is 1. The van der Waals surface area contributed by atoms with Crippen molar-refractivity contribution in [3.05, 3.63) is 83.6 Å². The minimum atomic E-state index is -0.268. The first-order valence-electron chi connectivity index (χ1n) is 9.51. The number of para-hydroxylation sites is 1. The molecule has 0 aliphatic heterocycles. The van der Waals surface area contributed by atoms with Gasteiger partial charge in [0.25, 0.3) is 5.91 Å². The minimum Gasteiger partial charge on any atom is -0.485 e. The number of aryl methyl sites for hydroxylation is 1. The first-order valence-corrected chi connectivity index (χ1v) is 10.4.